The number of hydrogen-bond acceptors (Lipinski definition) is 2. The Morgan fingerprint density at radius 1 is 1.19 bits per heavy atom. The van der Waals surface area contributed by atoms with Crippen molar-refractivity contribution < 1.29 is 4.79 Å². The lowest BCUT2D eigenvalue weighted by atomic mass is 9.94. The van der Waals surface area contributed by atoms with Gasteiger partial charge in [-0.15, -0.1) is 0 Å². The van der Waals surface area contributed by atoms with Crippen LogP contribution in [0.5, 0.6) is 0 Å². The fourth-order valence-corrected chi connectivity index (χ4v) is 2.67. The molecule has 2 bridgehead atoms. The Kier molecular flexibility index (Phi) is 3.24. The Morgan fingerprint density at radius 3 is 2.62 bits per heavy atom. The molecule has 2 aliphatic heterocycles. The molecule has 2 fully saturated rings. The monoisotopic (exact) mass is 224 g/mol. The van der Waals surface area contributed by atoms with E-state index in [-0.39, 0.29) is 11.3 Å². The van der Waals surface area contributed by atoms with Gasteiger partial charge in [0.15, 0.2) is 0 Å². The van der Waals surface area contributed by atoms with Crippen LogP contribution in [-0.4, -0.2) is 36.5 Å². The molecule has 0 aromatic heterocycles. The number of nitrogens with one attached hydrogen (secondary N) is 1. The van der Waals surface area contributed by atoms with Gasteiger partial charge in [0.05, 0.1) is 0 Å². The summed E-state index contributed by atoms with van der Waals surface area (Å²) in [6, 6.07) is 0.372. The highest BCUT2D eigenvalue weighted by Gasteiger charge is 2.31. The quantitative estimate of drug-likeness (QED) is 0.734. The smallest absolute Gasteiger partial charge is 0.225 e. The van der Waals surface area contributed by atoms with Crippen LogP contribution in [-0.2, 0) is 4.79 Å². The molecule has 2 rings (SSSR count). The first-order chi connectivity index (χ1) is 7.45. The summed E-state index contributed by atoms with van der Waals surface area (Å²) >= 11 is 0. The molecular formula is C13H24N2O. The summed E-state index contributed by atoms with van der Waals surface area (Å²) in [5, 5.41) is 3.20. The van der Waals surface area contributed by atoms with Crippen molar-refractivity contribution >= 4 is 5.91 Å². The summed E-state index contributed by atoms with van der Waals surface area (Å²) in [5.41, 5.74) is -0.263. The minimum absolute atomic E-state index is 0.191. The van der Waals surface area contributed by atoms with Crippen molar-refractivity contribution in [3.63, 3.8) is 0 Å². The van der Waals surface area contributed by atoms with E-state index in [2.05, 4.69) is 10.2 Å². The first-order valence-electron chi connectivity index (χ1n) is 6.48. The minimum Gasteiger partial charge on any atom is -0.352 e. The number of hydrogen-bond donors (Lipinski definition) is 1. The van der Waals surface area contributed by atoms with Gasteiger partial charge in [0.25, 0.3) is 0 Å². The van der Waals surface area contributed by atoms with E-state index >= 15 is 0 Å². The normalized spacial score (nSPS) is 34.6. The Morgan fingerprint density at radius 2 is 1.94 bits per heavy atom. The molecule has 16 heavy (non-hydrogen) atoms. The van der Waals surface area contributed by atoms with Gasteiger partial charge in [-0.2, -0.15) is 0 Å². The van der Waals surface area contributed by atoms with E-state index in [1.807, 2.05) is 20.8 Å². The first-order valence-corrected chi connectivity index (χ1v) is 6.48. The topological polar surface area (TPSA) is 32.3 Å². The van der Waals surface area contributed by atoms with Crippen LogP contribution in [0.2, 0.25) is 0 Å². The molecule has 2 heterocycles. The molecule has 92 valence electrons. The second-order valence-electron chi connectivity index (χ2n) is 6.41. The molecule has 2 saturated heterocycles. The molecule has 1 amide bonds. The van der Waals surface area contributed by atoms with Crippen LogP contribution in [0.25, 0.3) is 0 Å². The maximum Gasteiger partial charge on any atom is 0.225 e. The van der Waals surface area contributed by atoms with Gasteiger partial charge in [0, 0.05) is 24.5 Å². The van der Waals surface area contributed by atoms with Crippen LogP contribution in [0.4, 0.5) is 0 Å². The summed E-state index contributed by atoms with van der Waals surface area (Å²) < 4.78 is 0. The zero-order valence-corrected chi connectivity index (χ0v) is 10.8. The zero-order chi connectivity index (χ0) is 11.8. The van der Waals surface area contributed by atoms with Gasteiger partial charge in [-0.1, -0.05) is 20.8 Å². The van der Waals surface area contributed by atoms with E-state index in [1.165, 1.54) is 25.9 Å². The molecule has 0 saturated carbocycles. The van der Waals surface area contributed by atoms with Crippen LogP contribution in [0.15, 0.2) is 0 Å². The highest BCUT2D eigenvalue weighted by molar-refractivity contribution is 5.81. The predicted molar refractivity (Wildman–Crippen MR) is 65.2 cm³/mol. The summed E-state index contributed by atoms with van der Waals surface area (Å²) in [7, 11) is 0. The maximum atomic E-state index is 11.9. The molecular weight excluding hydrogens is 200 g/mol. The molecule has 2 aliphatic rings. The van der Waals surface area contributed by atoms with E-state index in [4.69, 9.17) is 0 Å². The van der Waals surface area contributed by atoms with Gasteiger partial charge in [0.1, 0.15) is 0 Å². The van der Waals surface area contributed by atoms with Crippen LogP contribution in [0, 0.1) is 11.3 Å². The van der Waals surface area contributed by atoms with Crippen molar-refractivity contribution in [2.45, 2.75) is 46.1 Å². The zero-order valence-electron chi connectivity index (χ0n) is 10.8. The van der Waals surface area contributed by atoms with Gasteiger partial charge in [-0.25, -0.2) is 0 Å². The average Bonchev–Trinajstić information content (AvgIpc) is 2.49. The number of carbonyl (C=O) groups is 1. The summed E-state index contributed by atoms with van der Waals surface area (Å²) in [4.78, 5) is 14.4. The highest BCUT2D eigenvalue weighted by Crippen LogP contribution is 2.26. The van der Waals surface area contributed by atoms with Gasteiger partial charge in [-0.3, -0.25) is 4.79 Å². The van der Waals surface area contributed by atoms with Crippen LogP contribution >= 0.6 is 0 Å². The number of amides is 1. The predicted octanol–water partition coefficient (Wildman–Crippen LogP) is 1.63. The largest absolute Gasteiger partial charge is 0.352 e. The SMILES string of the molecule is CC(C)(C)C(=O)N[C@H]1CCC2CCN(C2)C1. The van der Waals surface area contributed by atoms with Crippen LogP contribution < -0.4 is 5.32 Å². The molecule has 0 aromatic carbocycles. The number of fused-ring (bicyclic) bond motifs is 2. The Labute approximate surface area is 98.6 Å². The van der Waals surface area contributed by atoms with E-state index < -0.39 is 0 Å². The van der Waals surface area contributed by atoms with Crippen molar-refractivity contribution in [3.05, 3.63) is 0 Å². The van der Waals surface area contributed by atoms with Gasteiger partial charge < -0.3 is 10.2 Å². The van der Waals surface area contributed by atoms with Gasteiger partial charge in [0.2, 0.25) is 5.91 Å². The van der Waals surface area contributed by atoms with Crippen molar-refractivity contribution in [2.24, 2.45) is 11.3 Å². The minimum atomic E-state index is -0.263. The lowest BCUT2D eigenvalue weighted by molar-refractivity contribution is -0.129. The number of rotatable bonds is 1. The third-order valence-electron chi connectivity index (χ3n) is 3.79. The lowest BCUT2D eigenvalue weighted by Gasteiger charge is -2.26. The van der Waals surface area contributed by atoms with E-state index in [9.17, 15) is 4.79 Å². The van der Waals surface area contributed by atoms with Crippen molar-refractivity contribution in [3.8, 4) is 0 Å². The molecule has 0 radical (unpaired) electrons. The fraction of sp³-hybridized carbons (Fsp3) is 0.923. The number of nitrogens with zero attached hydrogens (tertiary/aromatic N) is 1. The van der Waals surface area contributed by atoms with Crippen molar-refractivity contribution in [1.82, 2.24) is 10.2 Å². The molecule has 3 heteroatoms. The Bertz CT molecular complexity index is 270. The average molecular weight is 224 g/mol. The van der Waals surface area contributed by atoms with Crippen molar-refractivity contribution in [2.75, 3.05) is 19.6 Å². The van der Waals surface area contributed by atoms with E-state index in [0.29, 0.717) is 6.04 Å². The maximum absolute atomic E-state index is 11.9. The molecule has 0 spiro atoms. The fourth-order valence-electron chi connectivity index (χ4n) is 2.67. The third-order valence-corrected chi connectivity index (χ3v) is 3.79. The van der Waals surface area contributed by atoms with Crippen LogP contribution in [0.3, 0.4) is 0 Å². The highest BCUT2D eigenvalue weighted by atomic mass is 16.2. The summed E-state index contributed by atoms with van der Waals surface area (Å²) in [5.74, 6) is 1.08. The van der Waals surface area contributed by atoms with E-state index in [0.717, 1.165) is 18.9 Å². The molecule has 0 aliphatic carbocycles. The molecule has 1 N–H and O–H groups in total. The molecule has 0 aromatic rings. The first kappa shape index (κ1) is 11.9. The number of carbonyl (C=O) groups excluding carboxylic acids is 1. The molecule has 3 nitrogen and oxygen atoms in total. The molecule has 2 unspecified atom stereocenters. The van der Waals surface area contributed by atoms with Gasteiger partial charge >= 0.3 is 0 Å². The standard InChI is InChI=1S/C13H24N2O/c1-13(2,3)12(16)14-11-5-4-10-6-7-15(8-10)9-11/h10-11H,4-9H2,1-3H3,(H,14,16)/t10?,11-/m0/s1. The second kappa shape index (κ2) is 4.36. The Balaban J connectivity index is 1.89. The Hall–Kier alpha value is -0.570. The third kappa shape index (κ3) is 2.76. The summed E-state index contributed by atoms with van der Waals surface area (Å²) in [6.45, 7) is 9.47. The van der Waals surface area contributed by atoms with Crippen molar-refractivity contribution in [1.29, 1.82) is 0 Å². The summed E-state index contributed by atoms with van der Waals surface area (Å²) in [6.07, 6.45) is 3.80. The van der Waals surface area contributed by atoms with Crippen LogP contribution in [0.1, 0.15) is 40.0 Å². The lowest BCUT2D eigenvalue weighted by Crippen LogP contribution is -2.46. The molecule has 3 atom stereocenters. The van der Waals surface area contributed by atoms with E-state index in [1.54, 1.807) is 0 Å². The van der Waals surface area contributed by atoms with Gasteiger partial charge in [-0.05, 0) is 31.7 Å². The second-order valence-corrected chi connectivity index (χ2v) is 6.41.